The van der Waals surface area contributed by atoms with E-state index in [1.165, 1.54) is 50.1 Å². The quantitative estimate of drug-likeness (QED) is 0.159. The summed E-state index contributed by atoms with van der Waals surface area (Å²) in [4.78, 5) is 2.46. The van der Waals surface area contributed by atoms with Gasteiger partial charge in [-0.15, -0.1) is 0 Å². The van der Waals surface area contributed by atoms with E-state index in [9.17, 15) is 0 Å². The lowest BCUT2D eigenvalue weighted by Gasteiger charge is -2.39. The standard InChI is InChI=1S/C67H45NO2/c1-2-19-44(20-3-1)48-21-4-5-22-50(48)51-23-6-7-24-52(51)54-26-9-14-32-61(54)68(46-39-37-45(38-40-46)49-28-18-36-65-66(49)55-27-10-15-33-62(55)69-65)47-41-42-58-56(43-47)53-25-8-11-29-57(53)67(58)59-30-12-16-34-63(59)70-64-35-17-13-31-60(64)67/h2,4-43H,1,3H2. The predicted molar refractivity (Wildman–Crippen MR) is 288 cm³/mol. The topological polar surface area (TPSA) is 25.6 Å². The number of anilines is 3. The van der Waals surface area contributed by atoms with Gasteiger partial charge in [0.15, 0.2) is 0 Å². The number of hydrogen-bond acceptors (Lipinski definition) is 3. The highest BCUT2D eigenvalue weighted by molar-refractivity contribution is 6.12. The first kappa shape index (κ1) is 40.2. The van der Waals surface area contributed by atoms with Crippen LogP contribution in [0.15, 0.2) is 253 Å². The van der Waals surface area contributed by atoms with E-state index in [0.29, 0.717) is 0 Å². The van der Waals surface area contributed by atoms with Gasteiger partial charge in [-0.1, -0.05) is 194 Å². The fourth-order valence-corrected chi connectivity index (χ4v) is 11.9. The first-order valence-electron chi connectivity index (χ1n) is 24.3. The summed E-state index contributed by atoms with van der Waals surface area (Å²) in [6, 6.07) is 83.8. The monoisotopic (exact) mass is 895 g/mol. The molecule has 14 rings (SSSR count). The van der Waals surface area contributed by atoms with Crippen LogP contribution in [0.5, 0.6) is 11.5 Å². The molecule has 0 radical (unpaired) electrons. The van der Waals surface area contributed by atoms with E-state index < -0.39 is 5.41 Å². The van der Waals surface area contributed by atoms with Gasteiger partial charge < -0.3 is 14.1 Å². The van der Waals surface area contributed by atoms with Crippen molar-refractivity contribution in [1.29, 1.82) is 0 Å². The average molecular weight is 896 g/mol. The summed E-state index contributed by atoms with van der Waals surface area (Å²) in [5, 5.41) is 2.25. The van der Waals surface area contributed by atoms with Gasteiger partial charge >= 0.3 is 0 Å². The lowest BCUT2D eigenvalue weighted by atomic mass is 9.66. The van der Waals surface area contributed by atoms with E-state index in [2.05, 4.69) is 248 Å². The third-order valence-electron chi connectivity index (χ3n) is 14.8. The zero-order chi connectivity index (χ0) is 46.2. The minimum atomic E-state index is -0.562. The molecule has 10 aromatic carbocycles. The van der Waals surface area contributed by atoms with E-state index in [1.807, 2.05) is 6.07 Å². The number of furan rings is 1. The Morgan fingerprint density at radius 1 is 0.386 bits per heavy atom. The summed E-state index contributed by atoms with van der Waals surface area (Å²) < 4.78 is 13.0. The summed E-state index contributed by atoms with van der Waals surface area (Å²) in [6.45, 7) is 0. The molecule has 0 amide bonds. The van der Waals surface area contributed by atoms with Crippen LogP contribution in [0.25, 0.3) is 72.0 Å². The van der Waals surface area contributed by atoms with Gasteiger partial charge in [-0.2, -0.15) is 0 Å². The summed E-state index contributed by atoms with van der Waals surface area (Å²) in [5.74, 6) is 1.78. The smallest absolute Gasteiger partial charge is 0.136 e. The van der Waals surface area contributed by atoms with Gasteiger partial charge in [0.1, 0.15) is 22.7 Å². The molecule has 11 aromatic rings. The Hall–Kier alpha value is -8.92. The molecule has 0 bridgehead atoms. The first-order chi connectivity index (χ1) is 34.7. The molecule has 1 spiro atoms. The van der Waals surface area contributed by atoms with Crippen molar-refractivity contribution < 1.29 is 9.15 Å². The van der Waals surface area contributed by atoms with Gasteiger partial charge in [0.25, 0.3) is 0 Å². The molecule has 330 valence electrons. The second-order valence-corrected chi connectivity index (χ2v) is 18.5. The Labute approximate surface area is 407 Å². The number of ether oxygens (including phenoxy) is 1. The largest absolute Gasteiger partial charge is 0.457 e. The Morgan fingerprint density at radius 2 is 0.943 bits per heavy atom. The summed E-state index contributed by atoms with van der Waals surface area (Å²) in [6.07, 6.45) is 9.08. The van der Waals surface area contributed by atoms with Crippen molar-refractivity contribution in [3.8, 4) is 56.0 Å². The molecule has 1 aliphatic heterocycles. The van der Waals surface area contributed by atoms with Crippen molar-refractivity contribution in [3.63, 3.8) is 0 Å². The van der Waals surface area contributed by atoms with Crippen LogP contribution >= 0.6 is 0 Å². The summed E-state index contributed by atoms with van der Waals surface area (Å²) >= 11 is 0. The van der Waals surface area contributed by atoms with E-state index in [4.69, 9.17) is 9.15 Å². The second kappa shape index (κ2) is 16.1. The molecule has 70 heavy (non-hydrogen) atoms. The highest BCUT2D eigenvalue weighted by Crippen LogP contribution is 2.62. The molecule has 0 unspecified atom stereocenters. The Balaban J connectivity index is 0.988. The lowest BCUT2D eigenvalue weighted by molar-refractivity contribution is 0.436. The average Bonchev–Trinajstić information content (AvgIpc) is 3.96. The fourth-order valence-electron chi connectivity index (χ4n) is 11.9. The van der Waals surface area contributed by atoms with Crippen LogP contribution in [0.2, 0.25) is 0 Å². The molecule has 2 heterocycles. The predicted octanol–water partition coefficient (Wildman–Crippen LogP) is 18.3. The van der Waals surface area contributed by atoms with Crippen LogP contribution in [0, 0.1) is 0 Å². The van der Waals surface area contributed by atoms with Crippen LogP contribution in [-0.2, 0) is 5.41 Å². The van der Waals surface area contributed by atoms with Crippen molar-refractivity contribution in [1.82, 2.24) is 0 Å². The third kappa shape index (κ3) is 6.08. The lowest BCUT2D eigenvalue weighted by Crippen LogP contribution is -2.32. The molecule has 3 heteroatoms. The van der Waals surface area contributed by atoms with E-state index in [1.54, 1.807) is 0 Å². The molecular formula is C67H45NO2. The second-order valence-electron chi connectivity index (χ2n) is 18.5. The van der Waals surface area contributed by atoms with Crippen LogP contribution in [0.1, 0.15) is 40.7 Å². The summed E-state index contributed by atoms with van der Waals surface area (Å²) in [5.41, 5.74) is 21.2. The maximum Gasteiger partial charge on any atom is 0.136 e. The molecule has 0 fully saturated rings. The number of benzene rings is 10. The summed E-state index contributed by atoms with van der Waals surface area (Å²) in [7, 11) is 0. The van der Waals surface area contributed by atoms with E-state index >= 15 is 0 Å². The van der Waals surface area contributed by atoms with Gasteiger partial charge in [0.2, 0.25) is 0 Å². The normalized spacial score (nSPS) is 13.9. The van der Waals surface area contributed by atoms with Gasteiger partial charge in [-0.3, -0.25) is 0 Å². The van der Waals surface area contributed by atoms with Crippen LogP contribution in [-0.4, -0.2) is 0 Å². The highest BCUT2D eigenvalue weighted by atomic mass is 16.5. The molecule has 0 atom stereocenters. The van der Waals surface area contributed by atoms with Crippen molar-refractivity contribution in [2.45, 2.75) is 18.3 Å². The highest BCUT2D eigenvalue weighted by Gasteiger charge is 2.51. The molecule has 1 aromatic heterocycles. The van der Waals surface area contributed by atoms with Crippen molar-refractivity contribution in [3.05, 3.63) is 277 Å². The van der Waals surface area contributed by atoms with Crippen LogP contribution in [0.4, 0.5) is 17.1 Å². The maximum atomic E-state index is 6.67. The minimum absolute atomic E-state index is 0.562. The van der Waals surface area contributed by atoms with Crippen molar-refractivity contribution in [2.75, 3.05) is 4.90 Å². The zero-order valence-corrected chi connectivity index (χ0v) is 38.3. The Kier molecular flexibility index (Phi) is 9.25. The Bertz CT molecular complexity index is 3900. The van der Waals surface area contributed by atoms with Crippen LogP contribution in [0.3, 0.4) is 0 Å². The number of hydrogen-bond donors (Lipinski definition) is 0. The SMILES string of the molecule is C1=CC(c2ccccc2-c2ccccc2-c2ccccc2N(c2ccc(-c3cccc4oc5ccccc5c34)cc2)c2ccc3c(c2)-c2ccccc2C32c3ccccc3Oc3ccccc32)=CCC1. The molecule has 3 aliphatic rings. The molecule has 0 saturated heterocycles. The van der Waals surface area contributed by atoms with Gasteiger partial charge in [0.05, 0.1) is 11.1 Å². The van der Waals surface area contributed by atoms with Gasteiger partial charge in [0, 0.05) is 38.8 Å². The number of fused-ring (bicyclic) bond motifs is 12. The molecule has 0 N–H and O–H groups in total. The van der Waals surface area contributed by atoms with Gasteiger partial charge in [-0.25, -0.2) is 0 Å². The number of nitrogens with zero attached hydrogens (tertiary/aromatic N) is 1. The molecule has 2 aliphatic carbocycles. The van der Waals surface area contributed by atoms with Crippen molar-refractivity contribution in [2.24, 2.45) is 0 Å². The first-order valence-corrected chi connectivity index (χ1v) is 24.3. The zero-order valence-electron chi connectivity index (χ0n) is 38.3. The van der Waals surface area contributed by atoms with E-state index in [-0.39, 0.29) is 0 Å². The fraction of sp³-hybridized carbons (Fsp3) is 0.0448. The molecule has 3 nitrogen and oxygen atoms in total. The van der Waals surface area contributed by atoms with E-state index in [0.717, 1.165) is 91.2 Å². The van der Waals surface area contributed by atoms with Gasteiger partial charge in [-0.05, 0) is 129 Å². The molecular weight excluding hydrogens is 851 g/mol. The molecule has 0 saturated carbocycles. The Morgan fingerprint density at radius 3 is 1.69 bits per heavy atom. The van der Waals surface area contributed by atoms with Crippen LogP contribution < -0.4 is 9.64 Å². The minimum Gasteiger partial charge on any atom is -0.457 e. The number of para-hydroxylation sites is 4. The number of rotatable bonds is 7. The van der Waals surface area contributed by atoms with Crippen molar-refractivity contribution >= 4 is 44.6 Å². The third-order valence-corrected chi connectivity index (χ3v) is 14.8. The number of allylic oxidation sites excluding steroid dienone is 4. The maximum absolute atomic E-state index is 6.67.